The second-order valence-electron chi connectivity index (χ2n) is 5.90. The third-order valence-electron chi connectivity index (χ3n) is 3.96. The molecule has 0 radical (unpaired) electrons. The van der Waals surface area contributed by atoms with Crippen molar-refractivity contribution in [3.05, 3.63) is 66.1 Å². The topological polar surface area (TPSA) is 62.1 Å². The number of hydrogen-bond acceptors (Lipinski definition) is 5. The van der Waals surface area contributed by atoms with Crippen molar-refractivity contribution < 1.29 is 19.0 Å². The van der Waals surface area contributed by atoms with Gasteiger partial charge in [-0.3, -0.25) is 0 Å². The van der Waals surface area contributed by atoms with Gasteiger partial charge in [-0.25, -0.2) is 9.78 Å². The van der Waals surface area contributed by atoms with Crippen molar-refractivity contribution in [3.8, 4) is 11.5 Å². The Labute approximate surface area is 150 Å². The number of ether oxygens (including phenoxy) is 3. The molecule has 3 heterocycles. The van der Waals surface area contributed by atoms with Gasteiger partial charge in [-0.05, 0) is 35.9 Å². The van der Waals surface area contributed by atoms with Crippen LogP contribution in [-0.2, 0) is 16.1 Å². The van der Waals surface area contributed by atoms with Gasteiger partial charge in [0, 0.05) is 24.9 Å². The summed E-state index contributed by atoms with van der Waals surface area (Å²) in [6.45, 7) is 1.41. The van der Waals surface area contributed by atoms with E-state index in [-0.39, 0.29) is 6.61 Å². The van der Waals surface area contributed by atoms with Crippen LogP contribution in [0.2, 0.25) is 0 Å². The lowest BCUT2D eigenvalue weighted by molar-refractivity contribution is -0.139. The SMILES string of the molecule is O=C(/C=C/c1ccc2c(c1)OCCCO2)OCc1cn2ccccc2n1. The third kappa shape index (κ3) is 3.69. The number of nitrogens with zero attached hydrogens (tertiary/aromatic N) is 2. The predicted molar refractivity (Wildman–Crippen MR) is 96.1 cm³/mol. The van der Waals surface area contributed by atoms with Crippen molar-refractivity contribution >= 4 is 17.7 Å². The lowest BCUT2D eigenvalue weighted by Crippen LogP contribution is -2.00. The summed E-state index contributed by atoms with van der Waals surface area (Å²) in [5.41, 5.74) is 2.37. The number of benzene rings is 1. The molecule has 6 nitrogen and oxygen atoms in total. The summed E-state index contributed by atoms with van der Waals surface area (Å²) in [5, 5.41) is 0. The molecule has 0 spiro atoms. The summed E-state index contributed by atoms with van der Waals surface area (Å²) in [4.78, 5) is 16.3. The molecule has 6 heteroatoms. The van der Waals surface area contributed by atoms with Gasteiger partial charge in [0.15, 0.2) is 11.5 Å². The molecular formula is C20H18N2O4. The molecule has 0 aliphatic carbocycles. The van der Waals surface area contributed by atoms with Crippen LogP contribution >= 0.6 is 0 Å². The Bertz CT molecular complexity index is 928. The fraction of sp³-hybridized carbons (Fsp3) is 0.200. The highest BCUT2D eigenvalue weighted by atomic mass is 16.5. The number of aromatic nitrogens is 2. The van der Waals surface area contributed by atoms with Crippen LogP contribution < -0.4 is 9.47 Å². The van der Waals surface area contributed by atoms with Gasteiger partial charge < -0.3 is 18.6 Å². The van der Waals surface area contributed by atoms with Crippen LogP contribution in [0.3, 0.4) is 0 Å². The van der Waals surface area contributed by atoms with E-state index in [0.29, 0.717) is 24.7 Å². The second-order valence-corrected chi connectivity index (χ2v) is 5.90. The minimum absolute atomic E-state index is 0.131. The minimum atomic E-state index is -0.422. The number of fused-ring (bicyclic) bond motifs is 2. The maximum absolute atomic E-state index is 11.9. The molecule has 132 valence electrons. The lowest BCUT2D eigenvalue weighted by atomic mass is 10.2. The van der Waals surface area contributed by atoms with Gasteiger partial charge in [-0.15, -0.1) is 0 Å². The summed E-state index contributed by atoms with van der Waals surface area (Å²) in [6, 6.07) is 11.3. The molecule has 1 aliphatic heterocycles. The Kier molecular flexibility index (Phi) is 4.55. The highest BCUT2D eigenvalue weighted by Gasteiger charge is 2.10. The van der Waals surface area contributed by atoms with Crippen LogP contribution in [-0.4, -0.2) is 28.6 Å². The molecule has 26 heavy (non-hydrogen) atoms. The lowest BCUT2D eigenvalue weighted by Gasteiger charge is -2.07. The van der Waals surface area contributed by atoms with Crippen LogP contribution in [0.15, 0.2) is 54.9 Å². The van der Waals surface area contributed by atoms with Crippen LogP contribution in [0, 0.1) is 0 Å². The smallest absolute Gasteiger partial charge is 0.331 e. The quantitative estimate of drug-likeness (QED) is 0.534. The third-order valence-corrected chi connectivity index (χ3v) is 3.96. The van der Waals surface area contributed by atoms with E-state index in [1.165, 1.54) is 6.08 Å². The van der Waals surface area contributed by atoms with Gasteiger partial charge >= 0.3 is 5.97 Å². The number of carbonyl (C=O) groups is 1. The fourth-order valence-electron chi connectivity index (χ4n) is 2.70. The molecule has 0 bridgehead atoms. The van der Waals surface area contributed by atoms with E-state index in [0.717, 1.165) is 23.4 Å². The number of esters is 1. The van der Waals surface area contributed by atoms with E-state index in [1.54, 1.807) is 6.08 Å². The summed E-state index contributed by atoms with van der Waals surface area (Å²) >= 11 is 0. The van der Waals surface area contributed by atoms with Gasteiger partial charge in [0.25, 0.3) is 0 Å². The maximum Gasteiger partial charge on any atom is 0.331 e. The Morgan fingerprint density at radius 2 is 2.08 bits per heavy atom. The van der Waals surface area contributed by atoms with Crippen molar-refractivity contribution in [1.29, 1.82) is 0 Å². The van der Waals surface area contributed by atoms with Gasteiger partial charge in [0.2, 0.25) is 0 Å². The van der Waals surface area contributed by atoms with Gasteiger partial charge in [0.05, 0.1) is 18.9 Å². The number of imidazole rings is 1. The first kappa shape index (κ1) is 16.2. The molecule has 0 saturated heterocycles. The molecule has 1 aliphatic rings. The average Bonchev–Trinajstić information content (AvgIpc) is 2.94. The Hall–Kier alpha value is -3.28. The first-order chi connectivity index (χ1) is 12.8. The zero-order valence-electron chi connectivity index (χ0n) is 14.1. The van der Waals surface area contributed by atoms with E-state index in [2.05, 4.69) is 4.98 Å². The Morgan fingerprint density at radius 3 is 2.96 bits per heavy atom. The van der Waals surface area contributed by atoms with E-state index in [4.69, 9.17) is 14.2 Å². The maximum atomic E-state index is 11.9. The van der Waals surface area contributed by atoms with Crippen molar-refractivity contribution in [3.63, 3.8) is 0 Å². The molecule has 0 amide bonds. The van der Waals surface area contributed by atoms with Crippen LogP contribution in [0.25, 0.3) is 11.7 Å². The molecule has 3 aromatic rings. The average molecular weight is 350 g/mol. The van der Waals surface area contributed by atoms with Gasteiger partial charge in [-0.1, -0.05) is 12.1 Å². The van der Waals surface area contributed by atoms with E-state index < -0.39 is 5.97 Å². The Morgan fingerprint density at radius 1 is 1.19 bits per heavy atom. The van der Waals surface area contributed by atoms with Gasteiger partial charge in [-0.2, -0.15) is 0 Å². The first-order valence-corrected chi connectivity index (χ1v) is 8.45. The molecule has 0 atom stereocenters. The van der Waals surface area contributed by atoms with Crippen LogP contribution in [0.4, 0.5) is 0 Å². The normalized spacial score (nSPS) is 13.7. The van der Waals surface area contributed by atoms with Crippen molar-refractivity contribution in [1.82, 2.24) is 9.38 Å². The highest BCUT2D eigenvalue weighted by molar-refractivity contribution is 5.87. The monoisotopic (exact) mass is 350 g/mol. The summed E-state index contributed by atoms with van der Waals surface area (Å²) in [7, 11) is 0. The molecule has 0 N–H and O–H groups in total. The highest BCUT2D eigenvalue weighted by Crippen LogP contribution is 2.30. The molecule has 0 saturated carbocycles. The standard InChI is InChI=1S/C20H18N2O4/c23-20(26-14-16-13-22-9-2-1-4-19(22)21-16)8-6-15-5-7-17-18(12-15)25-11-3-10-24-17/h1-2,4-9,12-13H,3,10-11,14H2/b8-6+. The summed E-state index contributed by atoms with van der Waals surface area (Å²) in [5.74, 6) is 1.01. The molecule has 4 rings (SSSR count). The van der Waals surface area contributed by atoms with E-state index >= 15 is 0 Å². The zero-order chi connectivity index (χ0) is 17.8. The molecule has 1 aromatic carbocycles. The minimum Gasteiger partial charge on any atom is -0.490 e. The molecule has 0 unspecified atom stereocenters. The number of pyridine rings is 1. The number of hydrogen-bond donors (Lipinski definition) is 0. The summed E-state index contributed by atoms with van der Waals surface area (Å²) < 4.78 is 18.4. The summed E-state index contributed by atoms with van der Waals surface area (Å²) in [6.07, 6.45) is 7.69. The largest absolute Gasteiger partial charge is 0.490 e. The predicted octanol–water partition coefficient (Wildman–Crippen LogP) is 3.25. The van der Waals surface area contributed by atoms with Gasteiger partial charge in [0.1, 0.15) is 12.3 Å². The van der Waals surface area contributed by atoms with Crippen molar-refractivity contribution in [2.24, 2.45) is 0 Å². The molecule has 0 fully saturated rings. The second kappa shape index (κ2) is 7.31. The van der Waals surface area contributed by atoms with E-state index in [1.807, 2.05) is 53.2 Å². The molecule has 2 aromatic heterocycles. The van der Waals surface area contributed by atoms with Crippen LogP contribution in [0.5, 0.6) is 11.5 Å². The fourth-order valence-corrected chi connectivity index (χ4v) is 2.70. The van der Waals surface area contributed by atoms with E-state index in [9.17, 15) is 4.79 Å². The first-order valence-electron chi connectivity index (χ1n) is 8.45. The molecular weight excluding hydrogens is 332 g/mol. The van der Waals surface area contributed by atoms with Crippen molar-refractivity contribution in [2.45, 2.75) is 13.0 Å². The van der Waals surface area contributed by atoms with Crippen LogP contribution in [0.1, 0.15) is 17.7 Å². The Balaban J connectivity index is 1.37. The number of carbonyl (C=O) groups excluding carboxylic acids is 1. The number of rotatable bonds is 4. The van der Waals surface area contributed by atoms with Crippen molar-refractivity contribution in [2.75, 3.05) is 13.2 Å². The zero-order valence-corrected chi connectivity index (χ0v) is 14.1.